The van der Waals surface area contributed by atoms with Crippen LogP contribution < -0.4 is 5.73 Å². The normalized spacial score (nSPS) is 10.4. The van der Waals surface area contributed by atoms with Crippen LogP contribution >= 0.6 is 0 Å². The van der Waals surface area contributed by atoms with Gasteiger partial charge in [0.15, 0.2) is 5.82 Å². The molecule has 0 atom stereocenters. The first-order valence-electron chi connectivity index (χ1n) is 3.58. The molecular weight excluding hydrogens is 154 g/mol. The molecule has 0 saturated carbocycles. The Morgan fingerprint density at radius 1 is 1.42 bits per heavy atom. The molecule has 5 nitrogen and oxygen atoms in total. The molecule has 0 unspecified atom stereocenters. The van der Waals surface area contributed by atoms with Gasteiger partial charge >= 0.3 is 0 Å². The van der Waals surface area contributed by atoms with Gasteiger partial charge in [0.1, 0.15) is 5.69 Å². The van der Waals surface area contributed by atoms with E-state index in [2.05, 4.69) is 20.2 Å². The van der Waals surface area contributed by atoms with Gasteiger partial charge in [-0.3, -0.25) is 5.10 Å². The summed E-state index contributed by atoms with van der Waals surface area (Å²) in [6.45, 7) is 1.93. The lowest BCUT2D eigenvalue weighted by molar-refractivity contribution is 1.08. The summed E-state index contributed by atoms with van der Waals surface area (Å²) >= 11 is 0. The van der Waals surface area contributed by atoms with Crippen molar-refractivity contribution in [3.05, 3.63) is 18.1 Å². The summed E-state index contributed by atoms with van der Waals surface area (Å²) in [5.74, 6) is 0.725. The minimum absolute atomic E-state index is 0.601. The van der Waals surface area contributed by atoms with Crippen LogP contribution in [0, 0.1) is 6.92 Å². The number of nitrogens with zero attached hydrogens (tertiary/aromatic N) is 2. The second-order valence-electron chi connectivity index (χ2n) is 2.62. The maximum Gasteiger partial charge on any atom is 0.157 e. The zero-order chi connectivity index (χ0) is 8.55. The van der Waals surface area contributed by atoms with Crippen molar-refractivity contribution in [2.24, 2.45) is 0 Å². The predicted molar refractivity (Wildman–Crippen MR) is 45.3 cm³/mol. The van der Waals surface area contributed by atoms with E-state index in [-0.39, 0.29) is 0 Å². The zero-order valence-electron chi connectivity index (χ0n) is 6.63. The number of H-pyrrole nitrogens is 2. The van der Waals surface area contributed by atoms with Gasteiger partial charge in [-0.25, -0.2) is 4.98 Å². The van der Waals surface area contributed by atoms with Crippen LogP contribution in [0.3, 0.4) is 0 Å². The number of aromatic nitrogens is 4. The Kier molecular flexibility index (Phi) is 1.36. The van der Waals surface area contributed by atoms with Crippen LogP contribution in [0.15, 0.2) is 12.4 Å². The van der Waals surface area contributed by atoms with Crippen molar-refractivity contribution in [2.75, 3.05) is 5.73 Å². The molecule has 0 radical (unpaired) electrons. The van der Waals surface area contributed by atoms with E-state index in [1.807, 2.05) is 6.92 Å². The number of aromatic amines is 2. The number of hydrogen-bond donors (Lipinski definition) is 3. The number of rotatable bonds is 1. The van der Waals surface area contributed by atoms with Crippen LogP contribution in [0.2, 0.25) is 0 Å². The van der Waals surface area contributed by atoms with Crippen molar-refractivity contribution in [1.82, 2.24) is 20.2 Å². The first-order valence-corrected chi connectivity index (χ1v) is 3.58. The number of aryl methyl sites for hydroxylation is 1. The Morgan fingerprint density at radius 2 is 2.25 bits per heavy atom. The molecule has 62 valence electrons. The minimum atomic E-state index is 0.601. The Morgan fingerprint density at radius 3 is 2.75 bits per heavy atom. The first kappa shape index (κ1) is 6.90. The molecule has 2 heterocycles. The third-order valence-corrected chi connectivity index (χ3v) is 1.61. The maximum atomic E-state index is 5.63. The molecule has 0 spiro atoms. The van der Waals surface area contributed by atoms with E-state index in [9.17, 15) is 0 Å². The average molecular weight is 163 g/mol. The van der Waals surface area contributed by atoms with Crippen LogP contribution in [-0.4, -0.2) is 20.2 Å². The second-order valence-corrected chi connectivity index (χ2v) is 2.62. The Balaban J connectivity index is 2.50. The van der Waals surface area contributed by atoms with Gasteiger partial charge in [0, 0.05) is 11.9 Å². The first-order chi connectivity index (χ1) is 5.77. The standard InChI is InChI=1S/C7H9N5/c1-4-2-9-7(11-4)6-5(8)3-10-12-6/h2-3H,8H2,1H3,(H,9,11)(H,10,12). The number of imidazole rings is 1. The molecule has 12 heavy (non-hydrogen) atoms. The summed E-state index contributed by atoms with van der Waals surface area (Å²) < 4.78 is 0. The fourth-order valence-corrected chi connectivity index (χ4v) is 1.02. The van der Waals surface area contributed by atoms with Gasteiger partial charge in [-0.15, -0.1) is 0 Å². The highest BCUT2D eigenvalue weighted by Crippen LogP contribution is 2.18. The topological polar surface area (TPSA) is 83.4 Å². The molecule has 4 N–H and O–H groups in total. The third-order valence-electron chi connectivity index (χ3n) is 1.61. The Bertz CT molecular complexity index is 386. The van der Waals surface area contributed by atoms with E-state index < -0.39 is 0 Å². The van der Waals surface area contributed by atoms with Crippen LogP contribution in [0.5, 0.6) is 0 Å². The monoisotopic (exact) mass is 163 g/mol. The van der Waals surface area contributed by atoms with E-state index in [0.717, 1.165) is 17.2 Å². The number of nitrogens with one attached hydrogen (secondary N) is 2. The van der Waals surface area contributed by atoms with Crippen molar-refractivity contribution in [3.8, 4) is 11.5 Å². The second kappa shape index (κ2) is 2.37. The van der Waals surface area contributed by atoms with Gasteiger partial charge < -0.3 is 10.7 Å². The van der Waals surface area contributed by atoms with Gasteiger partial charge in [-0.2, -0.15) is 5.10 Å². The van der Waals surface area contributed by atoms with Crippen molar-refractivity contribution in [1.29, 1.82) is 0 Å². The molecule has 0 aliphatic carbocycles. The maximum absolute atomic E-state index is 5.63. The van der Waals surface area contributed by atoms with Gasteiger partial charge in [0.25, 0.3) is 0 Å². The lowest BCUT2D eigenvalue weighted by Crippen LogP contribution is -1.88. The van der Waals surface area contributed by atoms with Crippen LogP contribution in [0.1, 0.15) is 5.69 Å². The third kappa shape index (κ3) is 0.952. The van der Waals surface area contributed by atoms with Crippen molar-refractivity contribution in [3.63, 3.8) is 0 Å². The molecule has 2 aromatic rings. The van der Waals surface area contributed by atoms with Gasteiger partial charge in [-0.1, -0.05) is 0 Å². The molecule has 0 amide bonds. The summed E-state index contributed by atoms with van der Waals surface area (Å²) in [7, 11) is 0. The predicted octanol–water partition coefficient (Wildman–Crippen LogP) is 0.690. The van der Waals surface area contributed by atoms with Crippen LogP contribution in [0.4, 0.5) is 5.69 Å². The SMILES string of the molecule is Cc1cnc(-c2[nH]ncc2N)[nH]1. The average Bonchev–Trinajstić information content (AvgIpc) is 2.58. The van der Waals surface area contributed by atoms with Crippen molar-refractivity contribution in [2.45, 2.75) is 6.92 Å². The quantitative estimate of drug-likeness (QED) is 0.578. The number of hydrogen-bond acceptors (Lipinski definition) is 3. The summed E-state index contributed by atoms with van der Waals surface area (Å²) in [5, 5.41) is 6.56. The molecular formula is C7H9N5. The van der Waals surface area contributed by atoms with Crippen LogP contribution in [-0.2, 0) is 0 Å². The fraction of sp³-hybridized carbons (Fsp3) is 0.143. The molecule has 0 aliphatic rings. The smallest absolute Gasteiger partial charge is 0.157 e. The fourth-order valence-electron chi connectivity index (χ4n) is 1.02. The van der Waals surface area contributed by atoms with E-state index in [1.165, 1.54) is 0 Å². The zero-order valence-corrected chi connectivity index (χ0v) is 6.63. The largest absolute Gasteiger partial charge is 0.396 e. The summed E-state index contributed by atoms with van der Waals surface area (Å²) in [6.07, 6.45) is 3.31. The minimum Gasteiger partial charge on any atom is -0.396 e. The van der Waals surface area contributed by atoms with Gasteiger partial charge in [-0.05, 0) is 6.92 Å². The summed E-state index contributed by atoms with van der Waals surface area (Å²) in [4.78, 5) is 7.17. The molecule has 0 fully saturated rings. The molecule has 0 saturated heterocycles. The molecule has 0 bridgehead atoms. The van der Waals surface area contributed by atoms with Gasteiger partial charge in [0.05, 0.1) is 11.9 Å². The van der Waals surface area contributed by atoms with E-state index in [0.29, 0.717) is 5.69 Å². The molecule has 0 aliphatic heterocycles. The Labute approximate surface area is 69.0 Å². The number of nitrogen functional groups attached to an aromatic ring is 1. The van der Waals surface area contributed by atoms with E-state index in [4.69, 9.17) is 5.73 Å². The number of anilines is 1. The molecule has 0 aromatic carbocycles. The highest BCUT2D eigenvalue weighted by atomic mass is 15.1. The lowest BCUT2D eigenvalue weighted by Gasteiger charge is -1.91. The van der Waals surface area contributed by atoms with Crippen LogP contribution in [0.25, 0.3) is 11.5 Å². The lowest BCUT2D eigenvalue weighted by atomic mass is 10.4. The molecule has 2 rings (SSSR count). The number of nitrogens with two attached hydrogens (primary N) is 1. The van der Waals surface area contributed by atoms with Crippen molar-refractivity contribution < 1.29 is 0 Å². The summed E-state index contributed by atoms with van der Waals surface area (Å²) in [5.41, 5.74) is 7.97. The Hall–Kier alpha value is -1.78. The summed E-state index contributed by atoms with van der Waals surface area (Å²) in [6, 6.07) is 0. The van der Waals surface area contributed by atoms with E-state index >= 15 is 0 Å². The molecule has 5 heteroatoms. The van der Waals surface area contributed by atoms with Gasteiger partial charge in [0.2, 0.25) is 0 Å². The highest BCUT2D eigenvalue weighted by molar-refractivity contribution is 5.66. The van der Waals surface area contributed by atoms with E-state index in [1.54, 1.807) is 12.4 Å². The molecule has 2 aromatic heterocycles. The van der Waals surface area contributed by atoms with Crippen molar-refractivity contribution >= 4 is 5.69 Å². The highest BCUT2D eigenvalue weighted by Gasteiger charge is 2.06.